The van der Waals surface area contributed by atoms with E-state index < -0.39 is 0 Å². The molecule has 1 fully saturated rings. The van der Waals surface area contributed by atoms with Crippen LogP contribution in [0.1, 0.15) is 49.2 Å². The number of terminal acetylenes is 1. The van der Waals surface area contributed by atoms with Gasteiger partial charge in [0.2, 0.25) is 5.82 Å². The third kappa shape index (κ3) is 3.80. The molecule has 1 aliphatic heterocycles. The minimum atomic E-state index is -0.156. The number of hydrogen-bond donors (Lipinski definition) is 1. The second-order valence-corrected chi connectivity index (χ2v) is 8.82. The molecular formula is C25H27N7O2. The highest BCUT2D eigenvalue weighted by molar-refractivity contribution is 6.04. The number of carbonyl (C=O) groups excluding carboxylic acids is 1. The molecule has 1 saturated heterocycles. The van der Waals surface area contributed by atoms with E-state index in [1.165, 1.54) is 6.33 Å². The molecule has 2 N–H and O–H groups in total. The van der Waals surface area contributed by atoms with Gasteiger partial charge in [0.1, 0.15) is 17.8 Å². The summed E-state index contributed by atoms with van der Waals surface area (Å²) in [6, 6.07) is 0. The fourth-order valence-corrected chi connectivity index (χ4v) is 4.93. The summed E-state index contributed by atoms with van der Waals surface area (Å²) in [6.07, 6.45) is 15.0. The van der Waals surface area contributed by atoms with Crippen LogP contribution in [0.2, 0.25) is 0 Å². The molecule has 9 nitrogen and oxygen atoms in total. The number of fused-ring (bicyclic) bond motifs is 1. The molecule has 0 unspecified atom stereocenters. The lowest BCUT2D eigenvalue weighted by Gasteiger charge is -2.24. The normalized spacial score (nSPS) is 18.6. The first kappa shape index (κ1) is 22.0. The second kappa shape index (κ2) is 8.88. The van der Waals surface area contributed by atoms with Gasteiger partial charge in [-0.05, 0) is 50.5 Å². The van der Waals surface area contributed by atoms with Crippen LogP contribution in [0.15, 0.2) is 18.6 Å². The molecule has 9 heteroatoms. The molecule has 174 valence electrons. The molecule has 3 aromatic heterocycles. The van der Waals surface area contributed by atoms with Crippen LogP contribution < -0.4 is 5.73 Å². The van der Waals surface area contributed by atoms with E-state index in [-0.39, 0.29) is 11.9 Å². The Morgan fingerprint density at radius 1 is 1.26 bits per heavy atom. The van der Waals surface area contributed by atoms with Crippen molar-refractivity contribution in [1.82, 2.24) is 29.6 Å². The number of nitrogens with two attached hydrogens (primary N) is 1. The fraction of sp³-hybridized carbons (Fsp3) is 0.400. The van der Waals surface area contributed by atoms with Crippen molar-refractivity contribution in [2.75, 3.05) is 18.8 Å². The molecule has 34 heavy (non-hydrogen) atoms. The van der Waals surface area contributed by atoms with Crippen molar-refractivity contribution in [3.8, 4) is 23.6 Å². The fourth-order valence-electron chi connectivity index (χ4n) is 4.93. The maximum Gasteiger partial charge on any atom is 0.328 e. The number of hydroxylamine groups is 2. The van der Waals surface area contributed by atoms with Crippen molar-refractivity contribution in [2.45, 2.75) is 39.0 Å². The quantitative estimate of drug-likeness (QED) is 0.595. The predicted molar refractivity (Wildman–Crippen MR) is 129 cm³/mol. The number of nitrogen functional groups attached to an aromatic ring is 1. The topological polar surface area (TPSA) is 112 Å². The number of carbonyl (C=O) groups is 1. The highest BCUT2D eigenvalue weighted by Gasteiger charge is 2.30. The smallest absolute Gasteiger partial charge is 0.328 e. The van der Waals surface area contributed by atoms with Gasteiger partial charge in [0, 0.05) is 37.5 Å². The van der Waals surface area contributed by atoms with Gasteiger partial charge < -0.3 is 15.1 Å². The van der Waals surface area contributed by atoms with Crippen LogP contribution in [0, 0.1) is 25.2 Å². The van der Waals surface area contributed by atoms with E-state index in [1.807, 2.05) is 18.5 Å². The van der Waals surface area contributed by atoms with E-state index in [0.29, 0.717) is 30.9 Å². The average Bonchev–Trinajstić information content (AvgIpc) is 3.46. The number of allylic oxidation sites excluding steroid dienone is 2. The number of anilines is 1. The highest BCUT2D eigenvalue weighted by atomic mass is 16.7. The summed E-state index contributed by atoms with van der Waals surface area (Å²) in [5, 5.41) is 2.58. The summed E-state index contributed by atoms with van der Waals surface area (Å²) in [4.78, 5) is 35.8. The van der Waals surface area contributed by atoms with E-state index in [1.54, 1.807) is 11.3 Å². The van der Waals surface area contributed by atoms with Crippen LogP contribution in [-0.4, -0.2) is 48.6 Å². The Bertz CT molecular complexity index is 1350. The van der Waals surface area contributed by atoms with Crippen LogP contribution in [0.5, 0.6) is 0 Å². The van der Waals surface area contributed by atoms with E-state index >= 15 is 0 Å². The van der Waals surface area contributed by atoms with Crippen LogP contribution in [-0.2, 0) is 16.7 Å². The number of rotatable bonds is 4. The molecule has 0 bridgehead atoms. The highest BCUT2D eigenvalue weighted by Crippen LogP contribution is 2.43. The minimum absolute atomic E-state index is 0.146. The van der Waals surface area contributed by atoms with Gasteiger partial charge in [-0.3, -0.25) is 4.79 Å². The Kier molecular flexibility index (Phi) is 5.75. The van der Waals surface area contributed by atoms with Crippen LogP contribution >= 0.6 is 0 Å². The summed E-state index contributed by atoms with van der Waals surface area (Å²) in [6.45, 7) is 3.55. The maximum absolute atomic E-state index is 12.7. The summed E-state index contributed by atoms with van der Waals surface area (Å²) in [5.41, 5.74) is 11.7. The van der Waals surface area contributed by atoms with E-state index in [0.717, 1.165) is 65.1 Å². The van der Waals surface area contributed by atoms with Gasteiger partial charge in [-0.25, -0.2) is 19.9 Å². The molecule has 0 saturated carbocycles. The lowest BCUT2D eigenvalue weighted by Crippen LogP contribution is -2.29. The molecule has 5 rings (SSSR count). The average molecular weight is 458 g/mol. The van der Waals surface area contributed by atoms with Crippen molar-refractivity contribution in [1.29, 1.82) is 0 Å². The van der Waals surface area contributed by atoms with Crippen molar-refractivity contribution in [3.63, 3.8) is 0 Å². The van der Waals surface area contributed by atoms with Gasteiger partial charge >= 0.3 is 5.97 Å². The third-order valence-electron chi connectivity index (χ3n) is 6.71. The van der Waals surface area contributed by atoms with Gasteiger partial charge in [0.15, 0.2) is 0 Å². The molecule has 0 spiro atoms. The minimum Gasteiger partial charge on any atom is -0.383 e. The monoisotopic (exact) mass is 457 g/mol. The SMILES string of the molecule is C#Cc1ncc(-c2c(C3=CC[C@@H](C(=O)ON4CCCC4)CC3)c3c(N)ncnc3n2C)c(C)n1. The van der Waals surface area contributed by atoms with Gasteiger partial charge in [-0.15, -0.1) is 11.5 Å². The molecule has 0 aromatic carbocycles. The third-order valence-corrected chi connectivity index (χ3v) is 6.71. The molecule has 0 amide bonds. The standard InChI is InChI=1S/C25H27N7O2/c1-4-19-27-13-18(15(2)30-19)22-20(21-23(26)28-14-29-24(21)31(22)3)16-7-9-17(10-8-16)25(33)34-32-11-5-6-12-32/h1,7,13-14,17H,5-6,8-12H2,2-3H3,(H2,26,28,29)/t17-/m1/s1. The first-order valence-corrected chi connectivity index (χ1v) is 11.5. The molecule has 3 aromatic rings. The molecule has 1 atom stereocenters. The lowest BCUT2D eigenvalue weighted by molar-refractivity contribution is -0.190. The lowest BCUT2D eigenvalue weighted by atomic mass is 9.85. The van der Waals surface area contributed by atoms with Gasteiger partial charge in [0.05, 0.1) is 22.7 Å². The Balaban J connectivity index is 1.56. The summed E-state index contributed by atoms with van der Waals surface area (Å²) in [5.74, 6) is 2.94. The van der Waals surface area contributed by atoms with Gasteiger partial charge in [0.25, 0.3) is 0 Å². The van der Waals surface area contributed by atoms with Crippen molar-refractivity contribution < 1.29 is 9.63 Å². The zero-order valence-electron chi connectivity index (χ0n) is 19.4. The van der Waals surface area contributed by atoms with Crippen molar-refractivity contribution in [2.24, 2.45) is 13.0 Å². The Hall–Kier alpha value is -3.77. The molecule has 0 radical (unpaired) electrons. The number of nitrogens with zero attached hydrogens (tertiary/aromatic N) is 6. The largest absolute Gasteiger partial charge is 0.383 e. The first-order valence-electron chi connectivity index (χ1n) is 11.5. The number of hydrogen-bond acceptors (Lipinski definition) is 8. The van der Waals surface area contributed by atoms with Crippen LogP contribution in [0.25, 0.3) is 27.9 Å². The van der Waals surface area contributed by atoms with Crippen molar-refractivity contribution >= 4 is 28.4 Å². The Morgan fingerprint density at radius 2 is 2.06 bits per heavy atom. The van der Waals surface area contributed by atoms with Crippen LogP contribution in [0.3, 0.4) is 0 Å². The van der Waals surface area contributed by atoms with E-state index in [9.17, 15) is 4.79 Å². The predicted octanol–water partition coefficient (Wildman–Crippen LogP) is 3.03. The zero-order chi connectivity index (χ0) is 23.8. The number of aryl methyl sites for hydroxylation is 2. The Labute approximate surface area is 198 Å². The van der Waals surface area contributed by atoms with E-state index in [4.69, 9.17) is 17.0 Å². The molecule has 1 aliphatic carbocycles. The second-order valence-electron chi connectivity index (χ2n) is 8.82. The van der Waals surface area contributed by atoms with Gasteiger partial charge in [-0.1, -0.05) is 6.08 Å². The summed E-state index contributed by atoms with van der Waals surface area (Å²) in [7, 11) is 1.95. The van der Waals surface area contributed by atoms with Crippen LogP contribution in [0.4, 0.5) is 5.82 Å². The zero-order valence-corrected chi connectivity index (χ0v) is 19.4. The molecule has 2 aliphatic rings. The van der Waals surface area contributed by atoms with E-state index in [2.05, 4.69) is 31.9 Å². The summed E-state index contributed by atoms with van der Waals surface area (Å²) >= 11 is 0. The maximum atomic E-state index is 12.7. The molecular weight excluding hydrogens is 430 g/mol. The molecule has 4 heterocycles. The Morgan fingerprint density at radius 3 is 2.74 bits per heavy atom. The van der Waals surface area contributed by atoms with Crippen molar-refractivity contribution in [3.05, 3.63) is 35.7 Å². The number of aromatic nitrogens is 5. The van der Waals surface area contributed by atoms with Gasteiger partial charge in [-0.2, -0.15) is 0 Å². The summed E-state index contributed by atoms with van der Waals surface area (Å²) < 4.78 is 2.00. The first-order chi connectivity index (χ1) is 16.5.